The molecule has 0 atom stereocenters. The van der Waals surface area contributed by atoms with Gasteiger partial charge in [0.25, 0.3) is 0 Å². The molecule has 6 nitrogen and oxygen atoms in total. The SMILES string of the molecule is CCCc1c(C(=O)O)nnn1-c1ccc2ncccc2c1. The lowest BCUT2D eigenvalue weighted by molar-refractivity contribution is 0.0689. The third-order valence-electron chi connectivity index (χ3n) is 3.28. The Bertz CT molecular complexity index is 810. The molecule has 0 fully saturated rings. The van der Waals surface area contributed by atoms with Gasteiger partial charge in [0.05, 0.1) is 16.9 Å². The molecule has 3 aromatic rings. The fourth-order valence-electron chi connectivity index (χ4n) is 2.33. The van der Waals surface area contributed by atoms with E-state index in [0.29, 0.717) is 12.1 Å². The summed E-state index contributed by atoms with van der Waals surface area (Å²) in [5.74, 6) is -1.05. The molecule has 21 heavy (non-hydrogen) atoms. The molecular formula is C15H14N4O2. The van der Waals surface area contributed by atoms with Crippen molar-refractivity contribution in [3.8, 4) is 5.69 Å². The molecule has 0 aliphatic carbocycles. The second-order valence-electron chi connectivity index (χ2n) is 4.73. The number of carbonyl (C=O) groups is 1. The summed E-state index contributed by atoms with van der Waals surface area (Å²) in [6.07, 6.45) is 3.17. The van der Waals surface area contributed by atoms with Gasteiger partial charge in [-0.3, -0.25) is 4.98 Å². The minimum Gasteiger partial charge on any atom is -0.476 e. The number of pyridine rings is 1. The van der Waals surface area contributed by atoms with E-state index in [1.165, 1.54) is 0 Å². The van der Waals surface area contributed by atoms with Crippen LogP contribution < -0.4 is 0 Å². The molecule has 0 saturated heterocycles. The van der Waals surface area contributed by atoms with E-state index in [1.54, 1.807) is 10.9 Å². The average Bonchev–Trinajstić information content (AvgIpc) is 2.91. The Morgan fingerprint density at radius 2 is 2.19 bits per heavy atom. The van der Waals surface area contributed by atoms with Crippen molar-refractivity contribution in [3.05, 3.63) is 47.9 Å². The van der Waals surface area contributed by atoms with Gasteiger partial charge < -0.3 is 5.11 Å². The van der Waals surface area contributed by atoms with Crippen molar-refractivity contribution in [2.45, 2.75) is 19.8 Å². The van der Waals surface area contributed by atoms with E-state index < -0.39 is 5.97 Å². The Hall–Kier alpha value is -2.76. The van der Waals surface area contributed by atoms with Gasteiger partial charge in [0, 0.05) is 11.6 Å². The molecule has 0 saturated carbocycles. The molecule has 106 valence electrons. The molecular weight excluding hydrogens is 268 g/mol. The van der Waals surface area contributed by atoms with Crippen molar-refractivity contribution >= 4 is 16.9 Å². The van der Waals surface area contributed by atoms with Crippen molar-refractivity contribution in [3.63, 3.8) is 0 Å². The molecule has 6 heteroatoms. The summed E-state index contributed by atoms with van der Waals surface area (Å²) in [7, 11) is 0. The van der Waals surface area contributed by atoms with Crippen molar-refractivity contribution in [2.75, 3.05) is 0 Å². The van der Waals surface area contributed by atoms with E-state index in [-0.39, 0.29) is 5.69 Å². The van der Waals surface area contributed by atoms with Crippen LogP contribution in [0.25, 0.3) is 16.6 Å². The average molecular weight is 282 g/mol. The fourth-order valence-corrected chi connectivity index (χ4v) is 2.33. The van der Waals surface area contributed by atoms with E-state index >= 15 is 0 Å². The number of rotatable bonds is 4. The van der Waals surface area contributed by atoms with Crippen molar-refractivity contribution in [1.82, 2.24) is 20.0 Å². The molecule has 0 aliphatic heterocycles. The Labute approximate surface area is 121 Å². The second-order valence-corrected chi connectivity index (χ2v) is 4.73. The number of aromatic nitrogens is 4. The Kier molecular flexibility index (Phi) is 3.35. The molecule has 0 spiro atoms. The van der Waals surface area contributed by atoms with E-state index in [2.05, 4.69) is 15.3 Å². The van der Waals surface area contributed by atoms with Gasteiger partial charge in [-0.15, -0.1) is 5.10 Å². The van der Waals surface area contributed by atoms with Crippen molar-refractivity contribution in [2.24, 2.45) is 0 Å². The van der Waals surface area contributed by atoms with Gasteiger partial charge >= 0.3 is 5.97 Å². The number of aromatic carboxylic acids is 1. The summed E-state index contributed by atoms with van der Waals surface area (Å²) in [4.78, 5) is 15.5. The standard InChI is InChI=1S/C15H14N4O2/c1-2-4-13-14(15(20)21)17-18-19(13)11-6-7-12-10(9-11)5-3-8-16-12/h3,5-9H,2,4H2,1H3,(H,20,21). The molecule has 3 rings (SSSR count). The Morgan fingerprint density at radius 1 is 1.33 bits per heavy atom. The molecule has 0 radical (unpaired) electrons. The first-order valence-electron chi connectivity index (χ1n) is 6.73. The summed E-state index contributed by atoms with van der Waals surface area (Å²) in [6, 6.07) is 9.52. The third-order valence-corrected chi connectivity index (χ3v) is 3.28. The molecule has 0 aliphatic rings. The van der Waals surface area contributed by atoms with Gasteiger partial charge in [-0.1, -0.05) is 24.6 Å². The predicted octanol–water partition coefficient (Wildman–Crippen LogP) is 2.47. The van der Waals surface area contributed by atoms with Crippen molar-refractivity contribution < 1.29 is 9.90 Å². The van der Waals surface area contributed by atoms with Gasteiger partial charge in [-0.25, -0.2) is 9.48 Å². The van der Waals surface area contributed by atoms with E-state index in [9.17, 15) is 9.90 Å². The number of hydrogen-bond acceptors (Lipinski definition) is 4. The minimum atomic E-state index is -1.05. The van der Waals surface area contributed by atoms with Gasteiger partial charge in [-0.2, -0.15) is 0 Å². The number of carboxylic acid groups (broad SMARTS) is 1. The number of carboxylic acids is 1. The summed E-state index contributed by atoms with van der Waals surface area (Å²) >= 11 is 0. The van der Waals surface area contributed by atoms with Crippen LogP contribution in [0.1, 0.15) is 29.5 Å². The van der Waals surface area contributed by atoms with Gasteiger partial charge in [-0.05, 0) is 30.7 Å². The van der Waals surface area contributed by atoms with Gasteiger partial charge in [0.15, 0.2) is 5.69 Å². The molecule has 2 heterocycles. The topological polar surface area (TPSA) is 80.9 Å². The first kappa shape index (κ1) is 13.2. The van der Waals surface area contributed by atoms with Crippen LogP contribution in [0.3, 0.4) is 0 Å². The van der Waals surface area contributed by atoms with Crippen molar-refractivity contribution in [1.29, 1.82) is 0 Å². The number of hydrogen-bond donors (Lipinski definition) is 1. The molecule has 1 N–H and O–H groups in total. The first-order valence-corrected chi connectivity index (χ1v) is 6.73. The predicted molar refractivity (Wildman–Crippen MR) is 77.6 cm³/mol. The largest absolute Gasteiger partial charge is 0.476 e. The second kappa shape index (κ2) is 5.32. The number of nitrogens with zero attached hydrogens (tertiary/aromatic N) is 4. The highest BCUT2D eigenvalue weighted by atomic mass is 16.4. The highest BCUT2D eigenvalue weighted by Crippen LogP contribution is 2.19. The summed E-state index contributed by atoms with van der Waals surface area (Å²) in [6.45, 7) is 1.99. The van der Waals surface area contributed by atoms with Crippen LogP contribution in [0.15, 0.2) is 36.5 Å². The lowest BCUT2D eigenvalue weighted by atomic mass is 10.1. The quantitative estimate of drug-likeness (QED) is 0.795. The molecule has 0 unspecified atom stereocenters. The molecule has 2 aromatic heterocycles. The normalized spacial score (nSPS) is 10.9. The fraction of sp³-hybridized carbons (Fsp3) is 0.200. The zero-order valence-corrected chi connectivity index (χ0v) is 11.5. The molecule has 0 bridgehead atoms. The smallest absolute Gasteiger partial charge is 0.358 e. The van der Waals surface area contributed by atoms with Crippen LogP contribution >= 0.6 is 0 Å². The first-order chi connectivity index (χ1) is 10.2. The molecule has 0 amide bonds. The summed E-state index contributed by atoms with van der Waals surface area (Å²) in [5, 5.41) is 18.0. The lowest BCUT2D eigenvalue weighted by Crippen LogP contribution is -2.06. The maximum absolute atomic E-state index is 11.2. The van der Waals surface area contributed by atoms with Gasteiger partial charge in [0.1, 0.15) is 0 Å². The van der Waals surface area contributed by atoms with E-state index in [0.717, 1.165) is 23.0 Å². The monoisotopic (exact) mass is 282 g/mol. The summed E-state index contributed by atoms with van der Waals surface area (Å²) in [5.41, 5.74) is 2.31. The number of fused-ring (bicyclic) bond motifs is 1. The lowest BCUT2D eigenvalue weighted by Gasteiger charge is -2.07. The highest BCUT2D eigenvalue weighted by molar-refractivity contribution is 5.87. The van der Waals surface area contributed by atoms with Gasteiger partial charge in [0.2, 0.25) is 0 Å². The van der Waals surface area contributed by atoms with Crippen LogP contribution in [-0.2, 0) is 6.42 Å². The zero-order chi connectivity index (χ0) is 14.8. The Morgan fingerprint density at radius 3 is 2.95 bits per heavy atom. The Balaban J connectivity index is 2.15. The summed E-state index contributed by atoms with van der Waals surface area (Å²) < 4.78 is 1.60. The van der Waals surface area contributed by atoms with Crippen LogP contribution in [0.5, 0.6) is 0 Å². The minimum absolute atomic E-state index is 0.0168. The van der Waals surface area contributed by atoms with Crippen LogP contribution in [-0.4, -0.2) is 31.1 Å². The highest BCUT2D eigenvalue weighted by Gasteiger charge is 2.19. The maximum atomic E-state index is 11.2. The zero-order valence-electron chi connectivity index (χ0n) is 11.5. The molecule has 1 aromatic carbocycles. The third kappa shape index (κ3) is 2.35. The van der Waals surface area contributed by atoms with Crippen LogP contribution in [0, 0.1) is 0 Å². The van der Waals surface area contributed by atoms with Crippen LogP contribution in [0.2, 0.25) is 0 Å². The van der Waals surface area contributed by atoms with Crippen LogP contribution in [0.4, 0.5) is 0 Å². The maximum Gasteiger partial charge on any atom is 0.358 e. The van der Waals surface area contributed by atoms with E-state index in [1.807, 2.05) is 37.3 Å². The van der Waals surface area contributed by atoms with E-state index in [4.69, 9.17) is 0 Å². The number of benzene rings is 1.